The van der Waals surface area contributed by atoms with Gasteiger partial charge in [0.2, 0.25) is 0 Å². The largest absolute Gasteiger partial charge is 0.490 e. The molecule has 0 radical (unpaired) electrons. The molecule has 0 unspecified atom stereocenters. The number of rotatable bonds is 21. The van der Waals surface area contributed by atoms with Gasteiger partial charge in [-0.25, -0.2) is 0 Å². The molecule has 0 bridgehead atoms. The van der Waals surface area contributed by atoms with Crippen LogP contribution >= 0.6 is 0 Å². The fourth-order valence-electron chi connectivity index (χ4n) is 3.86. The highest BCUT2D eigenvalue weighted by Gasteiger charge is 2.11. The van der Waals surface area contributed by atoms with Crippen LogP contribution in [-0.4, -0.2) is 86.5 Å². The average Bonchev–Trinajstić information content (AvgIpc) is 2.92. The summed E-state index contributed by atoms with van der Waals surface area (Å²) in [7, 11) is 0. The monoisotopic (exact) mass is 538 g/mol. The normalized spacial score (nSPS) is 11.2. The third kappa shape index (κ3) is 11.2. The van der Waals surface area contributed by atoms with E-state index in [0.29, 0.717) is 99.8 Å². The fourth-order valence-corrected chi connectivity index (χ4v) is 3.86. The van der Waals surface area contributed by atoms with Crippen molar-refractivity contribution in [2.75, 3.05) is 66.1 Å². The molecule has 0 aliphatic heterocycles. The van der Waals surface area contributed by atoms with Gasteiger partial charge in [-0.3, -0.25) is 0 Å². The Kier molecular flexibility index (Phi) is 15.9. The van der Waals surface area contributed by atoms with E-state index in [-0.39, 0.29) is 26.4 Å². The van der Waals surface area contributed by atoms with Crippen molar-refractivity contribution in [2.45, 2.75) is 40.3 Å². The van der Waals surface area contributed by atoms with E-state index in [0.717, 1.165) is 11.1 Å². The zero-order valence-corrected chi connectivity index (χ0v) is 22.4. The third-order valence-electron chi connectivity index (χ3n) is 5.52. The smallest absolute Gasteiger partial charge is 0.130 e. The Hall–Kier alpha value is -2.28. The molecule has 10 nitrogen and oxygen atoms in total. The first-order chi connectivity index (χ1) is 18.5. The van der Waals surface area contributed by atoms with Gasteiger partial charge in [-0.1, -0.05) is 35.4 Å². The van der Waals surface area contributed by atoms with Crippen molar-refractivity contribution in [2.24, 2.45) is 0 Å². The van der Waals surface area contributed by atoms with Gasteiger partial charge in [-0.15, -0.1) is 0 Å². The topological polar surface area (TPSA) is 136 Å². The molecule has 0 aromatic heterocycles. The number of aliphatic hydroxyl groups excluding tert-OH is 4. The van der Waals surface area contributed by atoms with Crippen LogP contribution in [0.25, 0.3) is 0 Å². The maximum absolute atomic E-state index is 9.52. The van der Waals surface area contributed by atoms with Gasteiger partial charge >= 0.3 is 0 Å². The molecule has 0 spiro atoms. The van der Waals surface area contributed by atoms with Crippen LogP contribution in [0.5, 0.6) is 11.5 Å². The van der Waals surface area contributed by atoms with E-state index in [1.165, 1.54) is 0 Å². The second-order valence-corrected chi connectivity index (χ2v) is 8.60. The van der Waals surface area contributed by atoms with Crippen LogP contribution in [-0.2, 0) is 45.4 Å². The average molecular weight is 539 g/mol. The first-order valence-electron chi connectivity index (χ1n) is 12.8. The van der Waals surface area contributed by atoms with Gasteiger partial charge in [0.05, 0.1) is 79.3 Å². The first-order valence-corrected chi connectivity index (χ1v) is 12.8. The van der Waals surface area contributed by atoms with Crippen LogP contribution in [0.4, 0.5) is 0 Å². The van der Waals surface area contributed by atoms with Crippen molar-refractivity contribution in [1.82, 2.24) is 0 Å². The quantitative estimate of drug-likeness (QED) is 0.174. The molecule has 2 rings (SSSR count). The molecule has 10 heteroatoms. The van der Waals surface area contributed by atoms with Crippen LogP contribution < -0.4 is 9.47 Å². The van der Waals surface area contributed by atoms with Crippen LogP contribution in [0.3, 0.4) is 0 Å². The lowest BCUT2D eigenvalue weighted by Crippen LogP contribution is -2.15. The maximum atomic E-state index is 9.52. The van der Waals surface area contributed by atoms with Crippen LogP contribution in [0.15, 0.2) is 24.3 Å². The maximum Gasteiger partial charge on any atom is 0.130 e. The van der Waals surface area contributed by atoms with E-state index in [1.54, 1.807) is 0 Å². The molecule has 0 fully saturated rings. The summed E-state index contributed by atoms with van der Waals surface area (Å²) in [6.07, 6.45) is 0. The Morgan fingerprint density at radius 1 is 0.421 bits per heavy atom. The van der Waals surface area contributed by atoms with E-state index >= 15 is 0 Å². The second kappa shape index (κ2) is 18.9. The van der Waals surface area contributed by atoms with Gasteiger partial charge in [-0.05, 0) is 13.8 Å². The van der Waals surface area contributed by atoms with E-state index in [2.05, 4.69) is 0 Å². The lowest BCUT2D eigenvalue weighted by atomic mass is 10.1. The molecular weight excluding hydrogens is 496 g/mol. The lowest BCUT2D eigenvalue weighted by Gasteiger charge is -2.15. The summed E-state index contributed by atoms with van der Waals surface area (Å²) < 4.78 is 33.4. The highest BCUT2D eigenvalue weighted by Crippen LogP contribution is 2.27. The number of hydrogen-bond donors (Lipinski definition) is 4. The van der Waals surface area contributed by atoms with Gasteiger partial charge in [0.1, 0.15) is 24.7 Å². The number of hydrogen-bond acceptors (Lipinski definition) is 10. The molecule has 2 aromatic rings. The van der Waals surface area contributed by atoms with E-state index in [9.17, 15) is 20.4 Å². The third-order valence-corrected chi connectivity index (χ3v) is 5.52. The molecule has 4 N–H and O–H groups in total. The van der Waals surface area contributed by atoms with E-state index in [4.69, 9.17) is 28.4 Å². The molecular formula is C28H42O10. The van der Waals surface area contributed by atoms with E-state index in [1.807, 2.05) is 38.1 Å². The molecule has 0 atom stereocenters. The molecule has 2 aromatic carbocycles. The van der Waals surface area contributed by atoms with Crippen molar-refractivity contribution in [3.05, 3.63) is 57.6 Å². The lowest BCUT2D eigenvalue weighted by molar-refractivity contribution is -0.00717. The summed E-state index contributed by atoms with van der Waals surface area (Å²) in [5, 5.41) is 38.1. The van der Waals surface area contributed by atoms with Crippen LogP contribution in [0.1, 0.15) is 33.4 Å². The summed E-state index contributed by atoms with van der Waals surface area (Å²) >= 11 is 0. The standard InChI is InChI=1S/C28H42O10/c1-21-13-23(17-29)27(24(14-21)18-30)37-11-9-35-7-5-33-3-4-34-6-8-36-10-12-38-28-25(19-31)15-22(2)16-26(28)20-32/h13-16,29-32H,3-12,17-20H2,1-2H3. The summed E-state index contributed by atoms with van der Waals surface area (Å²) in [4.78, 5) is 0. The molecule has 0 aliphatic carbocycles. The summed E-state index contributed by atoms with van der Waals surface area (Å²) in [5.74, 6) is 1.01. The summed E-state index contributed by atoms with van der Waals surface area (Å²) in [5.41, 5.74) is 4.49. The minimum absolute atomic E-state index is 0.159. The number of aliphatic hydroxyl groups is 4. The molecule has 0 amide bonds. The Morgan fingerprint density at radius 3 is 0.895 bits per heavy atom. The van der Waals surface area contributed by atoms with Crippen LogP contribution in [0, 0.1) is 13.8 Å². The summed E-state index contributed by atoms with van der Waals surface area (Å²) in [6, 6.07) is 7.34. The minimum Gasteiger partial charge on any atom is -0.490 e. The summed E-state index contributed by atoms with van der Waals surface area (Å²) in [6.45, 7) is 7.04. The van der Waals surface area contributed by atoms with Crippen molar-refractivity contribution in [3.63, 3.8) is 0 Å². The molecule has 0 saturated carbocycles. The highest BCUT2D eigenvalue weighted by atomic mass is 16.6. The van der Waals surface area contributed by atoms with Gasteiger partial charge in [-0.2, -0.15) is 0 Å². The van der Waals surface area contributed by atoms with E-state index < -0.39 is 0 Å². The number of ether oxygens (including phenoxy) is 6. The molecule has 0 aliphatic rings. The van der Waals surface area contributed by atoms with Crippen LogP contribution in [0.2, 0.25) is 0 Å². The predicted molar refractivity (Wildman–Crippen MR) is 140 cm³/mol. The van der Waals surface area contributed by atoms with Gasteiger partial charge in [0.15, 0.2) is 0 Å². The second-order valence-electron chi connectivity index (χ2n) is 8.60. The van der Waals surface area contributed by atoms with Gasteiger partial charge in [0.25, 0.3) is 0 Å². The Balaban J connectivity index is 1.44. The Bertz CT molecular complexity index is 808. The van der Waals surface area contributed by atoms with Gasteiger partial charge in [0, 0.05) is 22.3 Å². The Labute approximate surface area is 224 Å². The highest BCUT2D eigenvalue weighted by molar-refractivity contribution is 5.44. The Morgan fingerprint density at radius 2 is 0.658 bits per heavy atom. The van der Waals surface area contributed by atoms with Gasteiger partial charge < -0.3 is 48.8 Å². The van der Waals surface area contributed by atoms with Crippen molar-refractivity contribution >= 4 is 0 Å². The zero-order valence-electron chi connectivity index (χ0n) is 22.4. The molecule has 0 saturated heterocycles. The fraction of sp³-hybridized carbons (Fsp3) is 0.571. The molecule has 38 heavy (non-hydrogen) atoms. The predicted octanol–water partition coefficient (Wildman–Crippen LogP) is 1.80. The zero-order chi connectivity index (χ0) is 27.6. The first kappa shape index (κ1) is 31.9. The SMILES string of the molecule is Cc1cc(CO)c(OCCOCCOCCOCCOCCOc2c(CO)cc(C)cc2CO)c(CO)c1. The number of aryl methyl sites for hydroxylation is 2. The van der Waals surface area contributed by atoms with Crippen molar-refractivity contribution in [1.29, 1.82) is 0 Å². The van der Waals surface area contributed by atoms with Crippen molar-refractivity contribution in [3.8, 4) is 11.5 Å². The van der Waals surface area contributed by atoms with Crippen molar-refractivity contribution < 1.29 is 48.8 Å². The molecule has 214 valence electrons. The number of benzene rings is 2. The molecule has 0 heterocycles. The minimum atomic E-state index is -0.159.